The lowest BCUT2D eigenvalue weighted by Gasteiger charge is -2.24. The molecule has 0 unspecified atom stereocenters. The van der Waals surface area contributed by atoms with Gasteiger partial charge in [-0.25, -0.2) is 4.39 Å². The number of aryl methyl sites for hydroxylation is 1. The van der Waals surface area contributed by atoms with E-state index in [1.807, 2.05) is 10.6 Å². The van der Waals surface area contributed by atoms with E-state index in [-0.39, 0.29) is 5.82 Å². The van der Waals surface area contributed by atoms with Crippen molar-refractivity contribution in [2.24, 2.45) is 0 Å². The number of carbonyl (C=O) groups excluding carboxylic acids is 1. The smallest absolute Gasteiger partial charge is 0.147 e. The predicted octanol–water partition coefficient (Wildman–Crippen LogP) is 2.36. The van der Waals surface area contributed by atoms with Crippen LogP contribution in [0.15, 0.2) is 18.2 Å². The fraction of sp³-hybridized carbons (Fsp3) is 0.400. The number of carbonyl (C=O) groups is 1. The van der Waals surface area contributed by atoms with Crippen molar-refractivity contribution in [2.75, 3.05) is 13.6 Å². The summed E-state index contributed by atoms with van der Waals surface area (Å²) in [5.74, 6) is -0.194. The first-order valence-electron chi connectivity index (χ1n) is 6.63. The van der Waals surface area contributed by atoms with Crippen molar-refractivity contribution in [3.8, 4) is 0 Å². The average Bonchev–Trinajstić information content (AvgIpc) is 2.71. The fourth-order valence-corrected chi connectivity index (χ4v) is 3.02. The van der Waals surface area contributed by atoms with E-state index in [1.54, 1.807) is 6.07 Å². The van der Waals surface area contributed by atoms with Gasteiger partial charge in [0.25, 0.3) is 0 Å². The Bertz CT molecular complexity index is 633. The van der Waals surface area contributed by atoms with E-state index in [4.69, 9.17) is 0 Å². The van der Waals surface area contributed by atoms with E-state index < -0.39 is 0 Å². The molecule has 0 radical (unpaired) electrons. The van der Waals surface area contributed by atoms with E-state index in [0.29, 0.717) is 18.5 Å². The van der Waals surface area contributed by atoms with Crippen molar-refractivity contribution >= 4 is 17.2 Å². The third-order valence-corrected chi connectivity index (χ3v) is 3.88. The summed E-state index contributed by atoms with van der Waals surface area (Å²) in [5, 5.41) is 0.993. The number of likely N-dealkylation sites (N-methyl/N-ethyl adjacent to an activating group) is 1. The molecular formula is C15H17FN2O. The van der Waals surface area contributed by atoms with Crippen molar-refractivity contribution in [1.82, 2.24) is 9.47 Å². The highest BCUT2D eigenvalue weighted by Crippen LogP contribution is 2.32. The maximum Gasteiger partial charge on any atom is 0.147 e. The van der Waals surface area contributed by atoms with Crippen LogP contribution in [0.2, 0.25) is 0 Å². The molecule has 0 spiro atoms. The topological polar surface area (TPSA) is 25.2 Å². The Morgan fingerprint density at radius 3 is 3.05 bits per heavy atom. The summed E-state index contributed by atoms with van der Waals surface area (Å²) in [6, 6.07) is 5.24. The van der Waals surface area contributed by atoms with Crippen LogP contribution in [0.3, 0.4) is 0 Å². The van der Waals surface area contributed by atoms with Crippen LogP contribution in [0.4, 0.5) is 4.39 Å². The van der Waals surface area contributed by atoms with Crippen molar-refractivity contribution in [3.05, 3.63) is 35.3 Å². The minimum atomic E-state index is -0.194. The van der Waals surface area contributed by atoms with E-state index in [0.717, 1.165) is 31.2 Å². The molecule has 100 valence electrons. The van der Waals surface area contributed by atoms with Gasteiger partial charge in [0.1, 0.15) is 12.1 Å². The molecule has 0 fully saturated rings. The molecule has 19 heavy (non-hydrogen) atoms. The first kappa shape index (κ1) is 12.4. The molecule has 0 atom stereocenters. The van der Waals surface area contributed by atoms with Crippen LogP contribution in [0, 0.1) is 5.82 Å². The van der Waals surface area contributed by atoms with Gasteiger partial charge in [-0.15, -0.1) is 0 Å². The summed E-state index contributed by atoms with van der Waals surface area (Å²) in [6.45, 7) is 2.40. The zero-order valence-corrected chi connectivity index (χ0v) is 11.0. The highest BCUT2D eigenvalue weighted by Gasteiger charge is 2.23. The molecule has 2 heterocycles. The van der Waals surface area contributed by atoms with Gasteiger partial charge >= 0.3 is 0 Å². The molecule has 4 heteroatoms. The lowest BCUT2D eigenvalue weighted by atomic mass is 10.1. The Morgan fingerprint density at radius 2 is 2.26 bits per heavy atom. The first-order valence-corrected chi connectivity index (χ1v) is 6.63. The molecule has 2 aromatic rings. The Labute approximate surface area is 111 Å². The third-order valence-electron chi connectivity index (χ3n) is 3.88. The van der Waals surface area contributed by atoms with Gasteiger partial charge in [-0.1, -0.05) is 12.1 Å². The summed E-state index contributed by atoms with van der Waals surface area (Å²) in [6.07, 6.45) is 2.24. The van der Waals surface area contributed by atoms with Crippen LogP contribution in [0.1, 0.15) is 17.7 Å². The van der Waals surface area contributed by atoms with E-state index in [1.165, 1.54) is 17.3 Å². The second-order valence-corrected chi connectivity index (χ2v) is 5.16. The SMILES string of the molecule is CN1CCc2c(c3cccc(F)c3n2CCC=O)C1. The third kappa shape index (κ3) is 1.96. The van der Waals surface area contributed by atoms with Gasteiger partial charge < -0.3 is 14.3 Å². The van der Waals surface area contributed by atoms with E-state index in [9.17, 15) is 9.18 Å². The number of hydrogen-bond donors (Lipinski definition) is 0. The number of rotatable bonds is 3. The number of aromatic nitrogens is 1. The molecule has 3 nitrogen and oxygen atoms in total. The largest absolute Gasteiger partial charge is 0.341 e. The van der Waals surface area contributed by atoms with E-state index >= 15 is 0 Å². The normalized spacial score (nSPS) is 15.7. The van der Waals surface area contributed by atoms with Crippen molar-refractivity contribution in [2.45, 2.75) is 25.9 Å². The minimum absolute atomic E-state index is 0.194. The Balaban J connectivity index is 2.24. The van der Waals surface area contributed by atoms with Crippen LogP contribution in [-0.4, -0.2) is 29.3 Å². The van der Waals surface area contributed by atoms with Gasteiger partial charge in [0.2, 0.25) is 0 Å². The second kappa shape index (κ2) is 4.78. The van der Waals surface area contributed by atoms with Gasteiger partial charge in [-0.05, 0) is 18.7 Å². The lowest BCUT2D eigenvalue weighted by molar-refractivity contribution is -0.108. The predicted molar refractivity (Wildman–Crippen MR) is 72.6 cm³/mol. The summed E-state index contributed by atoms with van der Waals surface area (Å²) in [7, 11) is 2.08. The summed E-state index contributed by atoms with van der Waals surface area (Å²) in [5.41, 5.74) is 3.07. The Kier molecular flexibility index (Phi) is 3.11. The van der Waals surface area contributed by atoms with E-state index in [2.05, 4.69) is 11.9 Å². The summed E-state index contributed by atoms with van der Waals surface area (Å²) in [4.78, 5) is 12.9. The van der Waals surface area contributed by atoms with Crippen molar-refractivity contribution < 1.29 is 9.18 Å². The van der Waals surface area contributed by atoms with Crippen LogP contribution in [0.5, 0.6) is 0 Å². The molecule has 0 amide bonds. The second-order valence-electron chi connectivity index (χ2n) is 5.16. The number of benzene rings is 1. The molecule has 1 aromatic carbocycles. The molecular weight excluding hydrogens is 243 g/mol. The highest BCUT2D eigenvalue weighted by atomic mass is 19.1. The molecule has 3 rings (SSSR count). The zero-order chi connectivity index (χ0) is 13.4. The van der Waals surface area contributed by atoms with Gasteiger partial charge in [0.05, 0.1) is 5.52 Å². The monoisotopic (exact) mass is 260 g/mol. The van der Waals surface area contributed by atoms with Gasteiger partial charge in [-0.3, -0.25) is 0 Å². The molecule has 0 bridgehead atoms. The summed E-state index contributed by atoms with van der Waals surface area (Å²) >= 11 is 0. The molecule has 0 N–H and O–H groups in total. The number of para-hydroxylation sites is 1. The van der Waals surface area contributed by atoms with Crippen molar-refractivity contribution in [3.63, 3.8) is 0 Å². The molecule has 0 saturated carbocycles. The fourth-order valence-electron chi connectivity index (χ4n) is 3.02. The molecule has 0 saturated heterocycles. The lowest BCUT2D eigenvalue weighted by Crippen LogP contribution is -2.27. The molecule has 1 aliphatic heterocycles. The minimum Gasteiger partial charge on any atom is -0.341 e. The maximum absolute atomic E-state index is 14.1. The number of aldehydes is 1. The number of nitrogens with zero attached hydrogens (tertiary/aromatic N) is 2. The summed E-state index contributed by atoms with van der Waals surface area (Å²) < 4.78 is 16.1. The number of hydrogen-bond acceptors (Lipinski definition) is 2. The molecule has 0 aliphatic carbocycles. The molecule has 1 aromatic heterocycles. The quantitative estimate of drug-likeness (QED) is 0.792. The van der Waals surface area contributed by atoms with Gasteiger partial charge in [0, 0.05) is 43.6 Å². The zero-order valence-electron chi connectivity index (χ0n) is 11.0. The highest BCUT2D eigenvalue weighted by molar-refractivity contribution is 5.86. The standard InChI is InChI=1S/C15H17FN2O/c1-17-8-6-14-12(10-17)11-4-2-5-13(16)15(11)18(14)7-3-9-19/h2,4-5,9H,3,6-8,10H2,1H3. The van der Waals surface area contributed by atoms with Crippen LogP contribution in [0.25, 0.3) is 10.9 Å². The van der Waals surface area contributed by atoms with Crippen LogP contribution < -0.4 is 0 Å². The number of fused-ring (bicyclic) bond motifs is 3. The average molecular weight is 260 g/mol. The number of halogens is 1. The maximum atomic E-state index is 14.1. The molecule has 1 aliphatic rings. The van der Waals surface area contributed by atoms with Gasteiger partial charge in [0.15, 0.2) is 0 Å². The Hall–Kier alpha value is -1.68. The van der Waals surface area contributed by atoms with Gasteiger partial charge in [-0.2, -0.15) is 0 Å². The van der Waals surface area contributed by atoms with Crippen LogP contribution >= 0.6 is 0 Å². The first-order chi connectivity index (χ1) is 9.22. The Morgan fingerprint density at radius 1 is 1.42 bits per heavy atom. The van der Waals surface area contributed by atoms with Crippen molar-refractivity contribution in [1.29, 1.82) is 0 Å². The van der Waals surface area contributed by atoms with Crippen LogP contribution in [-0.2, 0) is 24.3 Å².